The van der Waals surface area contributed by atoms with Gasteiger partial charge in [0.15, 0.2) is 0 Å². The maximum Gasteiger partial charge on any atom is 0.0315 e. The maximum atomic E-state index is 11.7. The van der Waals surface area contributed by atoms with Gasteiger partial charge in [-0.2, -0.15) is 0 Å². The van der Waals surface area contributed by atoms with Crippen molar-refractivity contribution in [3.8, 4) is 0 Å². The van der Waals surface area contributed by atoms with Crippen molar-refractivity contribution < 1.29 is 4.21 Å². The Balaban J connectivity index is 2.63. The molecule has 2 nitrogen and oxygen atoms in total. The zero-order chi connectivity index (χ0) is 10.1. The Labute approximate surface area is 82.3 Å². The molecule has 2 atom stereocenters. The zero-order valence-electron chi connectivity index (χ0n) is 8.95. The van der Waals surface area contributed by atoms with E-state index in [9.17, 15) is 4.21 Å². The summed E-state index contributed by atoms with van der Waals surface area (Å²) in [5, 5.41) is 0. The molecule has 0 aliphatic carbocycles. The highest BCUT2D eigenvalue weighted by Gasteiger charge is 2.28. The standard InChI is InChI=1S/C10H21NOS/c1-5-11(9(2)3)10-6-7-13(4,12)8-10/h9-10H,4-8H2,1-3H3. The summed E-state index contributed by atoms with van der Waals surface area (Å²) in [5.41, 5.74) is 0. The van der Waals surface area contributed by atoms with E-state index in [1.165, 1.54) is 0 Å². The molecule has 2 unspecified atom stereocenters. The van der Waals surface area contributed by atoms with E-state index in [2.05, 4.69) is 31.5 Å². The average molecular weight is 203 g/mol. The van der Waals surface area contributed by atoms with Crippen LogP contribution in [0.3, 0.4) is 0 Å². The molecule has 0 amide bonds. The molecular weight excluding hydrogens is 182 g/mol. The summed E-state index contributed by atoms with van der Waals surface area (Å²) in [5.74, 6) is 5.42. The number of rotatable bonds is 3. The lowest BCUT2D eigenvalue weighted by Crippen LogP contribution is -2.40. The minimum absolute atomic E-state index is 0.509. The van der Waals surface area contributed by atoms with Gasteiger partial charge in [-0.15, -0.1) is 0 Å². The van der Waals surface area contributed by atoms with Crippen LogP contribution in [0.15, 0.2) is 0 Å². The summed E-state index contributed by atoms with van der Waals surface area (Å²) >= 11 is 0. The minimum atomic E-state index is -1.73. The van der Waals surface area contributed by atoms with Gasteiger partial charge in [0.25, 0.3) is 0 Å². The Morgan fingerprint density at radius 1 is 1.62 bits per heavy atom. The van der Waals surface area contributed by atoms with Crippen LogP contribution in [0.5, 0.6) is 0 Å². The minimum Gasteiger partial charge on any atom is -0.297 e. The molecular formula is C10H21NOS. The largest absolute Gasteiger partial charge is 0.297 e. The van der Waals surface area contributed by atoms with Gasteiger partial charge in [0, 0.05) is 23.6 Å². The van der Waals surface area contributed by atoms with E-state index >= 15 is 0 Å². The fourth-order valence-electron chi connectivity index (χ4n) is 2.17. The first-order valence-electron chi connectivity index (χ1n) is 5.04. The molecule has 1 heterocycles. The van der Waals surface area contributed by atoms with Gasteiger partial charge in [-0.3, -0.25) is 9.11 Å². The van der Waals surface area contributed by atoms with E-state index < -0.39 is 9.52 Å². The third-order valence-corrected chi connectivity index (χ3v) is 4.79. The van der Waals surface area contributed by atoms with E-state index in [-0.39, 0.29) is 0 Å². The van der Waals surface area contributed by atoms with Crippen molar-refractivity contribution >= 4 is 15.4 Å². The molecule has 1 aliphatic heterocycles. The molecule has 0 radical (unpaired) electrons. The molecule has 78 valence electrons. The molecule has 0 spiro atoms. The van der Waals surface area contributed by atoms with Crippen LogP contribution < -0.4 is 0 Å². The van der Waals surface area contributed by atoms with Crippen molar-refractivity contribution in [3.63, 3.8) is 0 Å². The molecule has 0 saturated carbocycles. The SMILES string of the molecule is C=S1(=O)CCC(N(CC)C(C)C)C1. The Morgan fingerprint density at radius 2 is 2.23 bits per heavy atom. The summed E-state index contributed by atoms with van der Waals surface area (Å²) in [6.07, 6.45) is 1.06. The Hall–Kier alpha value is -0.0200. The van der Waals surface area contributed by atoms with Crippen molar-refractivity contribution in [3.05, 3.63) is 0 Å². The first-order chi connectivity index (χ1) is 5.96. The zero-order valence-corrected chi connectivity index (χ0v) is 9.77. The summed E-state index contributed by atoms with van der Waals surface area (Å²) in [4.78, 5) is 2.43. The van der Waals surface area contributed by atoms with Crippen LogP contribution in [0.4, 0.5) is 0 Å². The Bertz CT molecular complexity index is 256. The lowest BCUT2D eigenvalue weighted by atomic mass is 10.2. The van der Waals surface area contributed by atoms with Gasteiger partial charge in [0.1, 0.15) is 0 Å². The monoisotopic (exact) mass is 203 g/mol. The van der Waals surface area contributed by atoms with Crippen LogP contribution in [-0.2, 0) is 9.52 Å². The van der Waals surface area contributed by atoms with Gasteiger partial charge in [0.2, 0.25) is 0 Å². The van der Waals surface area contributed by atoms with Crippen LogP contribution in [-0.4, -0.2) is 45.1 Å². The van der Waals surface area contributed by atoms with E-state index in [1.54, 1.807) is 0 Å². The normalized spacial score (nSPS) is 34.7. The van der Waals surface area contributed by atoms with Gasteiger partial charge >= 0.3 is 0 Å². The molecule has 0 aromatic rings. The fraction of sp³-hybridized carbons (Fsp3) is 0.900. The molecule has 1 aliphatic rings. The quantitative estimate of drug-likeness (QED) is 0.643. The fourth-order valence-corrected chi connectivity index (χ4v) is 4.10. The second kappa shape index (κ2) is 4.01. The van der Waals surface area contributed by atoms with Gasteiger partial charge in [-0.1, -0.05) is 6.92 Å². The molecule has 1 rings (SSSR count). The molecule has 0 bridgehead atoms. The van der Waals surface area contributed by atoms with Gasteiger partial charge < -0.3 is 0 Å². The van der Waals surface area contributed by atoms with Crippen molar-refractivity contribution in [2.45, 2.75) is 39.3 Å². The summed E-state index contributed by atoms with van der Waals surface area (Å²) < 4.78 is 11.7. The van der Waals surface area contributed by atoms with Crippen molar-refractivity contribution in [1.29, 1.82) is 0 Å². The predicted molar refractivity (Wildman–Crippen MR) is 60.9 cm³/mol. The molecule has 1 fully saturated rings. The third kappa shape index (κ3) is 2.71. The van der Waals surface area contributed by atoms with Crippen molar-refractivity contribution in [1.82, 2.24) is 4.90 Å². The van der Waals surface area contributed by atoms with Crippen LogP contribution in [0.25, 0.3) is 0 Å². The smallest absolute Gasteiger partial charge is 0.0315 e. The summed E-state index contributed by atoms with van der Waals surface area (Å²) in [6, 6.07) is 1.07. The number of hydrogen-bond acceptors (Lipinski definition) is 2. The second-order valence-electron chi connectivity index (χ2n) is 4.20. The van der Waals surface area contributed by atoms with Crippen LogP contribution in [0.2, 0.25) is 0 Å². The molecule has 13 heavy (non-hydrogen) atoms. The predicted octanol–water partition coefficient (Wildman–Crippen LogP) is 1.21. The highest BCUT2D eigenvalue weighted by molar-refractivity contribution is 8.00. The van der Waals surface area contributed by atoms with Crippen molar-refractivity contribution in [2.24, 2.45) is 0 Å². The molecule has 0 aromatic carbocycles. The molecule has 0 aromatic heterocycles. The summed E-state index contributed by atoms with van der Waals surface area (Å²) in [7, 11) is -1.73. The van der Waals surface area contributed by atoms with Gasteiger partial charge in [-0.25, -0.2) is 0 Å². The third-order valence-electron chi connectivity index (χ3n) is 2.82. The van der Waals surface area contributed by atoms with Crippen molar-refractivity contribution in [2.75, 3.05) is 18.1 Å². The van der Waals surface area contributed by atoms with Gasteiger partial charge in [-0.05, 0) is 42.2 Å². The van der Waals surface area contributed by atoms with Gasteiger partial charge in [0.05, 0.1) is 0 Å². The van der Waals surface area contributed by atoms with E-state index in [0.29, 0.717) is 12.1 Å². The first kappa shape index (κ1) is 11.1. The van der Waals surface area contributed by atoms with Crippen LogP contribution in [0.1, 0.15) is 27.2 Å². The number of nitrogens with zero attached hydrogens (tertiary/aromatic N) is 1. The Morgan fingerprint density at radius 3 is 2.54 bits per heavy atom. The van der Waals surface area contributed by atoms with E-state index in [0.717, 1.165) is 24.5 Å². The van der Waals surface area contributed by atoms with Crippen LogP contribution in [0, 0.1) is 0 Å². The van der Waals surface area contributed by atoms with E-state index in [1.807, 2.05) is 0 Å². The highest BCUT2D eigenvalue weighted by atomic mass is 32.2. The molecule has 1 saturated heterocycles. The van der Waals surface area contributed by atoms with Crippen LogP contribution >= 0.6 is 0 Å². The second-order valence-corrected chi connectivity index (χ2v) is 6.88. The first-order valence-corrected chi connectivity index (χ1v) is 7.11. The lowest BCUT2D eigenvalue weighted by molar-refractivity contribution is 0.177. The topological polar surface area (TPSA) is 20.3 Å². The molecule has 0 N–H and O–H groups in total. The average Bonchev–Trinajstić information content (AvgIpc) is 2.31. The lowest BCUT2D eigenvalue weighted by Gasteiger charge is -2.30. The Kier molecular flexibility index (Phi) is 3.41. The maximum absolute atomic E-state index is 11.7. The summed E-state index contributed by atoms with van der Waals surface area (Å²) in [6.45, 7) is 7.63. The highest BCUT2D eigenvalue weighted by Crippen LogP contribution is 2.19. The molecule has 3 heteroatoms. The van der Waals surface area contributed by atoms with E-state index in [4.69, 9.17) is 0 Å². The number of hydrogen-bond donors (Lipinski definition) is 0.